The van der Waals surface area contributed by atoms with Gasteiger partial charge in [0.05, 0.1) is 10.5 Å². The minimum Gasteiger partial charge on any atom is -0.478 e. The zero-order valence-electron chi connectivity index (χ0n) is 11.1. The molecule has 0 aromatic carbocycles. The average Bonchev–Trinajstić information content (AvgIpc) is 2.41. The third-order valence-electron chi connectivity index (χ3n) is 3.37. The maximum atomic E-state index is 11.0. The minimum absolute atomic E-state index is 0.119. The molecule has 2 rings (SSSR count). The Bertz CT molecular complexity index is 526. The standard InChI is InChI=1S/C12H16N4O4/c1-15-4-2-9(3-5-15)14-11-10(16(19)20)6-8(7-13-11)12(17)18/h6-7,9H,2-5H2,1H3,(H,13,14)(H,17,18). The topological polar surface area (TPSA) is 109 Å². The van der Waals surface area contributed by atoms with Crippen LogP contribution >= 0.6 is 0 Å². The van der Waals surface area contributed by atoms with Gasteiger partial charge in [-0.2, -0.15) is 0 Å². The van der Waals surface area contributed by atoms with Gasteiger partial charge in [0.25, 0.3) is 0 Å². The van der Waals surface area contributed by atoms with Crippen molar-refractivity contribution >= 4 is 17.5 Å². The third-order valence-corrected chi connectivity index (χ3v) is 3.37. The number of anilines is 1. The van der Waals surface area contributed by atoms with Gasteiger partial charge in [0.15, 0.2) is 0 Å². The van der Waals surface area contributed by atoms with Crippen molar-refractivity contribution in [3.8, 4) is 0 Å². The van der Waals surface area contributed by atoms with Crippen LogP contribution in [0, 0.1) is 10.1 Å². The van der Waals surface area contributed by atoms with Crippen LogP contribution in [0.2, 0.25) is 0 Å². The van der Waals surface area contributed by atoms with Gasteiger partial charge in [-0.1, -0.05) is 0 Å². The second kappa shape index (κ2) is 5.83. The van der Waals surface area contributed by atoms with Crippen LogP contribution in [-0.4, -0.2) is 52.1 Å². The summed E-state index contributed by atoms with van der Waals surface area (Å²) in [4.78, 5) is 27.3. The molecule has 1 saturated heterocycles. The molecule has 1 aromatic rings. The predicted octanol–water partition coefficient (Wildman–Crippen LogP) is 1.19. The van der Waals surface area contributed by atoms with Gasteiger partial charge < -0.3 is 15.3 Å². The molecule has 1 aliphatic rings. The lowest BCUT2D eigenvalue weighted by Gasteiger charge is -2.29. The van der Waals surface area contributed by atoms with E-state index in [0.29, 0.717) is 0 Å². The number of piperidine rings is 1. The number of rotatable bonds is 4. The molecular weight excluding hydrogens is 264 g/mol. The number of aromatic carboxylic acids is 1. The van der Waals surface area contributed by atoms with Crippen molar-refractivity contribution in [1.29, 1.82) is 0 Å². The number of nitrogens with zero attached hydrogens (tertiary/aromatic N) is 3. The molecule has 0 amide bonds. The Morgan fingerprint density at radius 3 is 2.75 bits per heavy atom. The van der Waals surface area contributed by atoms with E-state index in [9.17, 15) is 14.9 Å². The summed E-state index contributed by atoms with van der Waals surface area (Å²) in [5.41, 5.74) is -0.491. The highest BCUT2D eigenvalue weighted by Crippen LogP contribution is 2.25. The van der Waals surface area contributed by atoms with Crippen molar-refractivity contribution in [2.75, 3.05) is 25.5 Å². The number of aromatic nitrogens is 1. The molecule has 0 atom stereocenters. The molecule has 2 N–H and O–H groups in total. The molecule has 8 heteroatoms. The molecule has 1 fully saturated rings. The molecular formula is C12H16N4O4. The van der Waals surface area contributed by atoms with Crippen LogP contribution in [-0.2, 0) is 0 Å². The smallest absolute Gasteiger partial charge is 0.337 e. The highest BCUT2D eigenvalue weighted by Gasteiger charge is 2.23. The zero-order valence-corrected chi connectivity index (χ0v) is 11.1. The highest BCUT2D eigenvalue weighted by molar-refractivity contribution is 5.88. The van der Waals surface area contributed by atoms with Gasteiger partial charge >= 0.3 is 11.7 Å². The van der Waals surface area contributed by atoms with Crippen LogP contribution in [0.15, 0.2) is 12.3 Å². The summed E-state index contributed by atoms with van der Waals surface area (Å²) in [6, 6.07) is 1.15. The van der Waals surface area contributed by atoms with Crippen LogP contribution in [0.4, 0.5) is 11.5 Å². The highest BCUT2D eigenvalue weighted by atomic mass is 16.6. The number of nitro groups is 1. The van der Waals surface area contributed by atoms with Crippen LogP contribution in [0.1, 0.15) is 23.2 Å². The van der Waals surface area contributed by atoms with Crippen LogP contribution in [0.5, 0.6) is 0 Å². The van der Waals surface area contributed by atoms with Gasteiger partial charge in [0.1, 0.15) is 0 Å². The van der Waals surface area contributed by atoms with Gasteiger partial charge in [0, 0.05) is 18.3 Å². The molecule has 1 aliphatic heterocycles. The second-order valence-corrected chi connectivity index (χ2v) is 4.88. The fourth-order valence-corrected chi connectivity index (χ4v) is 2.17. The van der Waals surface area contributed by atoms with Crippen LogP contribution < -0.4 is 5.32 Å². The first-order valence-corrected chi connectivity index (χ1v) is 6.30. The summed E-state index contributed by atoms with van der Waals surface area (Å²) < 4.78 is 0. The molecule has 0 saturated carbocycles. The maximum Gasteiger partial charge on any atom is 0.337 e. The van der Waals surface area contributed by atoms with Gasteiger partial charge in [0.2, 0.25) is 5.82 Å². The van der Waals surface area contributed by atoms with Gasteiger partial charge in [-0.15, -0.1) is 0 Å². The monoisotopic (exact) mass is 280 g/mol. The fourth-order valence-electron chi connectivity index (χ4n) is 2.17. The largest absolute Gasteiger partial charge is 0.478 e. The van der Waals surface area contributed by atoms with E-state index < -0.39 is 10.9 Å². The van der Waals surface area contributed by atoms with Crippen LogP contribution in [0.3, 0.4) is 0 Å². The van der Waals surface area contributed by atoms with E-state index in [1.54, 1.807) is 0 Å². The lowest BCUT2D eigenvalue weighted by atomic mass is 10.1. The van der Waals surface area contributed by atoms with Crippen molar-refractivity contribution in [2.45, 2.75) is 18.9 Å². The number of carbonyl (C=O) groups is 1. The quantitative estimate of drug-likeness (QED) is 0.630. The molecule has 1 aromatic heterocycles. The van der Waals surface area contributed by atoms with E-state index in [-0.39, 0.29) is 23.1 Å². The number of carboxylic acid groups (broad SMARTS) is 1. The van der Waals surface area contributed by atoms with Gasteiger partial charge in [-0.05, 0) is 33.0 Å². The summed E-state index contributed by atoms with van der Waals surface area (Å²) in [6.45, 7) is 1.83. The lowest BCUT2D eigenvalue weighted by Crippen LogP contribution is -2.37. The normalized spacial score (nSPS) is 16.9. The Hall–Kier alpha value is -2.22. The average molecular weight is 280 g/mol. The molecule has 2 heterocycles. The van der Waals surface area contributed by atoms with E-state index in [1.165, 1.54) is 0 Å². The Morgan fingerprint density at radius 1 is 1.55 bits per heavy atom. The Labute approximate surface area is 115 Å². The lowest BCUT2D eigenvalue weighted by molar-refractivity contribution is -0.384. The molecule has 0 spiro atoms. The van der Waals surface area contributed by atoms with Gasteiger partial charge in [-0.3, -0.25) is 10.1 Å². The molecule has 20 heavy (non-hydrogen) atoms. The van der Waals surface area contributed by atoms with Crippen molar-refractivity contribution in [1.82, 2.24) is 9.88 Å². The number of pyridine rings is 1. The number of likely N-dealkylation sites (tertiary alicyclic amines) is 1. The molecule has 0 bridgehead atoms. The zero-order chi connectivity index (χ0) is 14.7. The van der Waals surface area contributed by atoms with Crippen LogP contribution in [0.25, 0.3) is 0 Å². The van der Waals surface area contributed by atoms with E-state index in [4.69, 9.17) is 5.11 Å². The number of carboxylic acids is 1. The van der Waals surface area contributed by atoms with E-state index in [1.807, 2.05) is 7.05 Å². The first-order valence-electron chi connectivity index (χ1n) is 6.30. The molecule has 8 nitrogen and oxygen atoms in total. The molecule has 0 aliphatic carbocycles. The molecule has 0 unspecified atom stereocenters. The summed E-state index contributed by atoms with van der Waals surface area (Å²) >= 11 is 0. The summed E-state index contributed by atoms with van der Waals surface area (Å²) in [6.07, 6.45) is 2.87. The maximum absolute atomic E-state index is 11.0. The van der Waals surface area contributed by atoms with Gasteiger partial charge in [-0.25, -0.2) is 9.78 Å². The van der Waals surface area contributed by atoms with E-state index >= 15 is 0 Å². The first-order chi connectivity index (χ1) is 9.47. The number of nitrogens with one attached hydrogen (secondary N) is 1. The minimum atomic E-state index is -1.23. The second-order valence-electron chi connectivity index (χ2n) is 4.88. The Morgan fingerprint density at radius 2 is 2.20 bits per heavy atom. The summed E-state index contributed by atoms with van der Waals surface area (Å²) in [7, 11) is 2.03. The van der Waals surface area contributed by atoms with E-state index in [2.05, 4.69) is 15.2 Å². The Kier molecular flexibility index (Phi) is 4.14. The summed E-state index contributed by atoms with van der Waals surface area (Å²) in [5.74, 6) is -1.10. The molecule has 0 radical (unpaired) electrons. The third kappa shape index (κ3) is 3.21. The first kappa shape index (κ1) is 14.2. The Balaban J connectivity index is 2.18. The fraction of sp³-hybridized carbons (Fsp3) is 0.500. The van der Waals surface area contributed by atoms with Crippen molar-refractivity contribution in [3.63, 3.8) is 0 Å². The van der Waals surface area contributed by atoms with Crippen molar-refractivity contribution in [2.24, 2.45) is 0 Å². The molecule has 108 valence electrons. The van der Waals surface area contributed by atoms with Crippen molar-refractivity contribution < 1.29 is 14.8 Å². The van der Waals surface area contributed by atoms with E-state index in [0.717, 1.165) is 38.2 Å². The number of hydrogen-bond acceptors (Lipinski definition) is 6. The summed E-state index contributed by atoms with van der Waals surface area (Å²) in [5, 5.41) is 22.9. The predicted molar refractivity (Wildman–Crippen MR) is 72.0 cm³/mol. The number of hydrogen-bond donors (Lipinski definition) is 2. The SMILES string of the molecule is CN1CCC(Nc2ncc(C(=O)O)cc2[N+](=O)[O-])CC1. The van der Waals surface area contributed by atoms with Crippen molar-refractivity contribution in [3.05, 3.63) is 27.9 Å².